The highest BCUT2D eigenvalue weighted by Crippen LogP contribution is 2.22. The molecule has 8 heteroatoms. The average molecular weight is 344 g/mol. The van der Waals surface area contributed by atoms with Gasteiger partial charge in [0.05, 0.1) is 20.0 Å². The number of rotatable bonds is 7. The quantitative estimate of drug-likeness (QED) is 0.774. The van der Waals surface area contributed by atoms with E-state index in [9.17, 15) is 13.2 Å². The van der Waals surface area contributed by atoms with Crippen LogP contribution in [0.3, 0.4) is 0 Å². The third kappa shape index (κ3) is 6.87. The van der Waals surface area contributed by atoms with Crippen LogP contribution in [0.2, 0.25) is 0 Å². The lowest BCUT2D eigenvalue weighted by Gasteiger charge is -2.20. The summed E-state index contributed by atoms with van der Waals surface area (Å²) in [6, 6.07) is 4.76. The van der Waals surface area contributed by atoms with Gasteiger partial charge in [0.15, 0.2) is 0 Å². The molecule has 2 N–H and O–H groups in total. The lowest BCUT2D eigenvalue weighted by molar-refractivity contribution is 0.0955. The average Bonchev–Trinajstić information content (AvgIpc) is 2.43. The standard InChI is InChI=1S/C15H24N2O5S/c1-15(2,3)17-23(19,20)7-6-16-14(18)11-8-12(21-4)10-13(9-11)22-5/h8-10,17H,6-7H2,1-5H3,(H,16,18). The van der Waals surface area contributed by atoms with Gasteiger partial charge in [0.25, 0.3) is 5.91 Å². The van der Waals surface area contributed by atoms with Gasteiger partial charge >= 0.3 is 0 Å². The van der Waals surface area contributed by atoms with Gasteiger partial charge in [-0.15, -0.1) is 0 Å². The van der Waals surface area contributed by atoms with Crippen molar-refractivity contribution in [1.29, 1.82) is 0 Å². The fourth-order valence-corrected chi connectivity index (χ4v) is 3.26. The van der Waals surface area contributed by atoms with Crippen LogP contribution in [0, 0.1) is 0 Å². The van der Waals surface area contributed by atoms with E-state index >= 15 is 0 Å². The third-order valence-electron chi connectivity index (χ3n) is 2.73. The Hall–Kier alpha value is -1.80. The third-order valence-corrected chi connectivity index (χ3v) is 4.40. The second kappa shape index (κ2) is 7.65. The Bertz CT molecular complexity index is 628. The molecule has 0 atom stereocenters. The van der Waals surface area contributed by atoms with Gasteiger partial charge in [-0.2, -0.15) is 0 Å². The Kier molecular flexibility index (Phi) is 6.40. The van der Waals surface area contributed by atoms with Crippen molar-refractivity contribution in [1.82, 2.24) is 10.0 Å². The predicted molar refractivity (Wildman–Crippen MR) is 88.6 cm³/mol. The highest BCUT2D eigenvalue weighted by molar-refractivity contribution is 7.89. The molecule has 1 aromatic rings. The Morgan fingerprint density at radius 3 is 2.04 bits per heavy atom. The zero-order valence-electron chi connectivity index (χ0n) is 14.1. The fourth-order valence-electron chi connectivity index (χ4n) is 1.86. The largest absolute Gasteiger partial charge is 0.497 e. The van der Waals surface area contributed by atoms with Crippen molar-refractivity contribution in [2.45, 2.75) is 26.3 Å². The summed E-state index contributed by atoms with van der Waals surface area (Å²) in [6.07, 6.45) is 0. The van der Waals surface area contributed by atoms with Crippen LogP contribution in [0.1, 0.15) is 31.1 Å². The number of ether oxygens (including phenoxy) is 2. The first-order valence-corrected chi connectivity index (χ1v) is 8.74. The molecule has 23 heavy (non-hydrogen) atoms. The summed E-state index contributed by atoms with van der Waals surface area (Å²) in [5.41, 5.74) is -0.217. The van der Waals surface area contributed by atoms with Crippen molar-refractivity contribution in [2.24, 2.45) is 0 Å². The molecule has 0 bridgehead atoms. The Labute approximate surface area is 137 Å². The molecule has 0 aliphatic carbocycles. The van der Waals surface area contributed by atoms with Crippen LogP contribution in [0.15, 0.2) is 18.2 Å². The van der Waals surface area contributed by atoms with Gasteiger partial charge in [0.1, 0.15) is 11.5 Å². The van der Waals surface area contributed by atoms with Gasteiger partial charge in [-0.3, -0.25) is 4.79 Å². The Balaban J connectivity index is 2.67. The van der Waals surface area contributed by atoms with Gasteiger partial charge in [-0.1, -0.05) is 0 Å². The molecular weight excluding hydrogens is 320 g/mol. The molecule has 1 aromatic carbocycles. The van der Waals surface area contributed by atoms with Crippen molar-refractivity contribution >= 4 is 15.9 Å². The van der Waals surface area contributed by atoms with Crippen LogP contribution >= 0.6 is 0 Å². The molecular formula is C15H24N2O5S. The van der Waals surface area contributed by atoms with Crippen molar-refractivity contribution in [2.75, 3.05) is 26.5 Å². The van der Waals surface area contributed by atoms with Crippen molar-refractivity contribution < 1.29 is 22.7 Å². The first kappa shape index (κ1) is 19.2. The van der Waals surface area contributed by atoms with Gasteiger partial charge in [0, 0.05) is 23.7 Å². The number of sulfonamides is 1. The van der Waals surface area contributed by atoms with E-state index in [0.717, 1.165) is 0 Å². The van der Waals surface area contributed by atoms with E-state index in [1.807, 2.05) is 0 Å². The topological polar surface area (TPSA) is 93.7 Å². The molecule has 0 radical (unpaired) electrons. The second-order valence-electron chi connectivity index (χ2n) is 6.03. The van der Waals surface area contributed by atoms with Gasteiger partial charge in [-0.05, 0) is 32.9 Å². The first-order valence-electron chi connectivity index (χ1n) is 7.09. The summed E-state index contributed by atoms with van der Waals surface area (Å²) in [5, 5.41) is 2.57. The number of hydrogen-bond acceptors (Lipinski definition) is 5. The molecule has 130 valence electrons. The van der Waals surface area contributed by atoms with E-state index < -0.39 is 21.5 Å². The van der Waals surface area contributed by atoms with E-state index in [-0.39, 0.29) is 12.3 Å². The van der Waals surface area contributed by atoms with Crippen LogP contribution < -0.4 is 19.5 Å². The van der Waals surface area contributed by atoms with Gasteiger partial charge < -0.3 is 14.8 Å². The number of benzene rings is 1. The van der Waals surface area contributed by atoms with Gasteiger partial charge in [-0.25, -0.2) is 13.1 Å². The molecule has 0 spiro atoms. The maximum atomic E-state index is 12.1. The molecule has 0 aromatic heterocycles. The van der Waals surface area contributed by atoms with Crippen molar-refractivity contribution in [3.63, 3.8) is 0 Å². The SMILES string of the molecule is COc1cc(OC)cc(C(=O)NCCS(=O)(=O)NC(C)(C)C)c1. The maximum Gasteiger partial charge on any atom is 0.251 e. The number of methoxy groups -OCH3 is 2. The van der Waals surface area contributed by atoms with E-state index in [0.29, 0.717) is 17.1 Å². The number of carbonyl (C=O) groups excluding carboxylic acids is 1. The van der Waals surface area contributed by atoms with E-state index in [2.05, 4.69) is 10.0 Å². The predicted octanol–water partition coefficient (Wildman–Crippen LogP) is 1.15. The Morgan fingerprint density at radius 2 is 1.61 bits per heavy atom. The summed E-state index contributed by atoms with van der Waals surface area (Å²) in [7, 11) is -0.482. The summed E-state index contributed by atoms with van der Waals surface area (Å²) < 4.78 is 36.4. The molecule has 0 fully saturated rings. The van der Waals surface area contributed by atoms with Crippen LogP contribution in [0.5, 0.6) is 11.5 Å². The molecule has 7 nitrogen and oxygen atoms in total. The zero-order valence-corrected chi connectivity index (χ0v) is 14.9. The highest BCUT2D eigenvalue weighted by Gasteiger charge is 2.20. The molecule has 0 aliphatic rings. The summed E-state index contributed by atoms with van der Waals surface area (Å²) in [5.74, 6) is 0.373. The number of carbonyl (C=O) groups is 1. The smallest absolute Gasteiger partial charge is 0.251 e. The lowest BCUT2D eigenvalue weighted by atomic mass is 10.1. The molecule has 1 amide bonds. The lowest BCUT2D eigenvalue weighted by Crippen LogP contribution is -2.43. The number of hydrogen-bond donors (Lipinski definition) is 2. The first-order chi connectivity index (χ1) is 10.6. The minimum atomic E-state index is -3.46. The minimum absolute atomic E-state index is 0.00374. The van der Waals surface area contributed by atoms with E-state index in [1.54, 1.807) is 39.0 Å². The normalized spacial score (nSPS) is 11.9. The molecule has 0 saturated carbocycles. The van der Waals surface area contributed by atoms with Crippen LogP contribution in [0.4, 0.5) is 0 Å². The molecule has 0 aliphatic heterocycles. The van der Waals surface area contributed by atoms with Crippen LogP contribution in [-0.4, -0.2) is 46.4 Å². The number of amides is 1. The minimum Gasteiger partial charge on any atom is -0.497 e. The van der Waals surface area contributed by atoms with E-state index in [1.165, 1.54) is 14.2 Å². The van der Waals surface area contributed by atoms with Crippen molar-refractivity contribution in [3.8, 4) is 11.5 Å². The molecule has 0 unspecified atom stereocenters. The highest BCUT2D eigenvalue weighted by atomic mass is 32.2. The monoisotopic (exact) mass is 344 g/mol. The van der Waals surface area contributed by atoms with Crippen LogP contribution in [0.25, 0.3) is 0 Å². The summed E-state index contributed by atoms with van der Waals surface area (Å²) >= 11 is 0. The number of nitrogens with one attached hydrogen (secondary N) is 2. The van der Waals surface area contributed by atoms with Crippen molar-refractivity contribution in [3.05, 3.63) is 23.8 Å². The maximum absolute atomic E-state index is 12.1. The molecule has 0 saturated heterocycles. The zero-order chi connectivity index (χ0) is 17.7. The fraction of sp³-hybridized carbons (Fsp3) is 0.533. The van der Waals surface area contributed by atoms with Crippen LogP contribution in [-0.2, 0) is 10.0 Å². The Morgan fingerprint density at radius 1 is 1.09 bits per heavy atom. The molecule has 0 heterocycles. The van der Waals surface area contributed by atoms with E-state index in [4.69, 9.17) is 9.47 Å². The molecule has 1 rings (SSSR count). The summed E-state index contributed by atoms with van der Waals surface area (Å²) in [6.45, 7) is 5.27. The van der Waals surface area contributed by atoms with Gasteiger partial charge in [0.2, 0.25) is 10.0 Å². The summed E-state index contributed by atoms with van der Waals surface area (Å²) in [4.78, 5) is 12.1. The second-order valence-corrected chi connectivity index (χ2v) is 7.87.